The Morgan fingerprint density at radius 1 is 1.10 bits per heavy atom. The predicted molar refractivity (Wildman–Crippen MR) is 86.7 cm³/mol. The van der Waals surface area contributed by atoms with Crippen LogP contribution in [0.4, 0.5) is 0 Å². The van der Waals surface area contributed by atoms with Crippen LogP contribution < -0.4 is 0 Å². The zero-order valence-corrected chi connectivity index (χ0v) is 18.0. The van der Waals surface area contributed by atoms with E-state index in [0.29, 0.717) is 0 Å². The first-order valence-electron chi connectivity index (χ1n) is 7.62. The molecule has 1 rings (SSSR count). The van der Waals surface area contributed by atoms with Crippen LogP contribution in [0.15, 0.2) is 0 Å². The topological polar surface area (TPSA) is 37.4 Å². The third kappa shape index (κ3) is 19.1. The summed E-state index contributed by atoms with van der Waals surface area (Å²) in [5.41, 5.74) is 0. The number of hydrogen-bond donors (Lipinski definition) is 0. The Morgan fingerprint density at radius 2 is 1.60 bits per heavy atom. The molecule has 20 heavy (non-hydrogen) atoms. The Morgan fingerprint density at radius 3 is 1.95 bits per heavy atom. The summed E-state index contributed by atoms with van der Waals surface area (Å²) in [5.74, 6) is 1.06. The molecule has 0 atom stereocenters. The molecule has 0 aromatic rings. The number of nitrogens with zero attached hydrogens (tertiary/aromatic N) is 2. The maximum atomic E-state index is 5.01. The first-order chi connectivity index (χ1) is 9.24. The molecule has 0 amide bonds. The minimum Gasteiger partial charge on any atom is -0.681 e. The molecule has 0 aromatic carbocycles. The second kappa shape index (κ2) is 22.4. The minimum absolute atomic E-state index is 0. The smallest absolute Gasteiger partial charge is 0.681 e. The Bertz CT molecular complexity index is 149. The van der Waals surface area contributed by atoms with Crippen molar-refractivity contribution in [3.8, 4) is 0 Å². The fourth-order valence-electron chi connectivity index (χ4n) is 2.09. The van der Waals surface area contributed by atoms with Gasteiger partial charge in [-0.3, -0.25) is 0 Å². The van der Waals surface area contributed by atoms with E-state index in [4.69, 9.17) is 4.74 Å². The molecule has 1 fully saturated rings. The molecule has 118 valence electrons. The first-order valence-corrected chi connectivity index (χ1v) is 7.62. The van der Waals surface area contributed by atoms with Gasteiger partial charge in [-0.05, 0) is 12.3 Å². The van der Waals surface area contributed by atoms with Gasteiger partial charge in [0.25, 0.3) is 0 Å². The summed E-state index contributed by atoms with van der Waals surface area (Å²) >= 11 is 0. The van der Waals surface area contributed by atoms with Crippen LogP contribution in [-0.2, 0) is 4.74 Å². The predicted octanol–water partition coefficient (Wildman–Crippen LogP) is 5.17. The van der Waals surface area contributed by atoms with Gasteiger partial charge in [0.2, 0.25) is 0 Å². The standard InChI is InChI=1S/C10H20O.C4H10N2.C2H5.La/c1-11-9-5-4-8-10-6-2-3-7-10;1-4(5-2)6-3;1-2;/h10H,2-9H2,1H3;4H,1-3H3;1H2,2H3;/q;-2;-1;+3. The largest absolute Gasteiger partial charge is 3.00 e. The van der Waals surface area contributed by atoms with Crippen molar-refractivity contribution in [1.29, 1.82) is 0 Å². The third-order valence-corrected chi connectivity index (χ3v) is 3.43. The molecule has 0 N–H and O–H groups in total. The van der Waals surface area contributed by atoms with Gasteiger partial charge in [0, 0.05) is 13.7 Å². The molecule has 1 aliphatic carbocycles. The molecular formula is C16H35LaN2O. The number of hydrogen-bond acceptors (Lipinski definition) is 1. The van der Waals surface area contributed by atoms with Gasteiger partial charge < -0.3 is 22.3 Å². The summed E-state index contributed by atoms with van der Waals surface area (Å²) in [7, 11) is 5.31. The number of unbranched alkanes of at least 4 members (excludes halogenated alkanes) is 1. The van der Waals surface area contributed by atoms with Crippen LogP contribution in [0.25, 0.3) is 10.6 Å². The van der Waals surface area contributed by atoms with E-state index in [1.807, 2.05) is 6.92 Å². The fourth-order valence-corrected chi connectivity index (χ4v) is 2.09. The van der Waals surface area contributed by atoms with Gasteiger partial charge >= 0.3 is 35.6 Å². The van der Waals surface area contributed by atoms with E-state index < -0.39 is 0 Å². The zero-order valence-electron chi connectivity index (χ0n) is 14.4. The Balaban J connectivity index is -0.000000278. The van der Waals surface area contributed by atoms with Gasteiger partial charge in [-0.2, -0.15) is 21.0 Å². The maximum absolute atomic E-state index is 5.01. The average Bonchev–Trinajstić information content (AvgIpc) is 2.99. The monoisotopic (exact) mass is 410 g/mol. The quantitative estimate of drug-likeness (QED) is 0.421. The average molecular weight is 410 g/mol. The molecular weight excluding hydrogens is 375 g/mol. The molecule has 0 radical (unpaired) electrons. The van der Waals surface area contributed by atoms with Gasteiger partial charge in [0.15, 0.2) is 0 Å². The summed E-state index contributed by atoms with van der Waals surface area (Å²) < 4.78 is 5.01. The first kappa shape index (κ1) is 26.0. The maximum Gasteiger partial charge on any atom is 3.00 e. The minimum atomic E-state index is 0. The van der Waals surface area contributed by atoms with Gasteiger partial charge in [-0.15, -0.1) is 6.92 Å². The molecule has 0 spiro atoms. The number of ether oxygens (including phenoxy) is 1. The van der Waals surface area contributed by atoms with Crippen molar-refractivity contribution in [2.24, 2.45) is 5.92 Å². The van der Waals surface area contributed by atoms with E-state index in [2.05, 4.69) is 17.6 Å². The molecule has 0 aromatic heterocycles. The molecule has 0 aliphatic heterocycles. The molecule has 0 saturated heterocycles. The summed E-state index contributed by atoms with van der Waals surface area (Å²) in [5, 5.41) is 7.68. The molecule has 3 nitrogen and oxygen atoms in total. The van der Waals surface area contributed by atoms with E-state index >= 15 is 0 Å². The van der Waals surface area contributed by atoms with Crippen molar-refractivity contribution >= 4 is 0 Å². The van der Waals surface area contributed by atoms with Crippen LogP contribution in [0.5, 0.6) is 0 Å². The summed E-state index contributed by atoms with van der Waals surface area (Å²) in [6.45, 7) is 7.90. The Hall–Kier alpha value is 1.07. The van der Waals surface area contributed by atoms with Gasteiger partial charge in [0.1, 0.15) is 0 Å². The number of methoxy groups -OCH3 is 1. The van der Waals surface area contributed by atoms with Crippen LogP contribution in [-0.4, -0.2) is 34.0 Å². The van der Waals surface area contributed by atoms with Gasteiger partial charge in [-0.1, -0.05) is 38.5 Å². The molecule has 0 bridgehead atoms. The molecule has 1 aliphatic rings. The van der Waals surface area contributed by atoms with Crippen LogP contribution in [0.3, 0.4) is 0 Å². The van der Waals surface area contributed by atoms with Crippen LogP contribution in [0.2, 0.25) is 0 Å². The normalized spacial score (nSPS) is 13.9. The fraction of sp³-hybridized carbons (Fsp3) is 0.938. The van der Waals surface area contributed by atoms with Crippen molar-refractivity contribution in [3.63, 3.8) is 0 Å². The molecule has 0 heterocycles. The van der Waals surface area contributed by atoms with Crippen molar-refractivity contribution in [3.05, 3.63) is 17.6 Å². The second-order valence-electron chi connectivity index (χ2n) is 4.79. The molecule has 0 unspecified atom stereocenters. The van der Waals surface area contributed by atoms with Gasteiger partial charge in [-0.25, -0.2) is 6.17 Å². The number of rotatable bonds is 7. The van der Waals surface area contributed by atoms with E-state index in [1.165, 1.54) is 44.9 Å². The van der Waals surface area contributed by atoms with E-state index in [9.17, 15) is 0 Å². The second-order valence-corrected chi connectivity index (χ2v) is 4.79. The van der Waals surface area contributed by atoms with E-state index in [0.717, 1.165) is 12.5 Å². The zero-order chi connectivity index (χ0) is 14.9. The van der Waals surface area contributed by atoms with Crippen LogP contribution in [0, 0.1) is 48.4 Å². The van der Waals surface area contributed by atoms with Crippen molar-refractivity contribution in [2.45, 2.75) is 65.0 Å². The van der Waals surface area contributed by atoms with Crippen molar-refractivity contribution in [1.82, 2.24) is 0 Å². The van der Waals surface area contributed by atoms with E-state index in [-0.39, 0.29) is 41.8 Å². The molecule has 1 saturated carbocycles. The Kier molecular flexibility index (Phi) is 29.1. The van der Waals surface area contributed by atoms with E-state index in [1.54, 1.807) is 28.1 Å². The summed E-state index contributed by atoms with van der Waals surface area (Å²) in [4.78, 5) is 0. The SMILES string of the molecule is COCCCCC1CCCC1.C[N-]C(C)[N-]C.[CH2-]C.[La+3]. The summed E-state index contributed by atoms with van der Waals surface area (Å²) in [6.07, 6.45) is 10.2. The van der Waals surface area contributed by atoms with Crippen LogP contribution >= 0.6 is 0 Å². The van der Waals surface area contributed by atoms with Crippen molar-refractivity contribution in [2.75, 3.05) is 27.8 Å². The third-order valence-electron chi connectivity index (χ3n) is 3.43. The van der Waals surface area contributed by atoms with Crippen LogP contribution in [0.1, 0.15) is 58.8 Å². The van der Waals surface area contributed by atoms with Gasteiger partial charge in [0.05, 0.1) is 0 Å². The Labute approximate surface area is 156 Å². The van der Waals surface area contributed by atoms with Crippen molar-refractivity contribution < 1.29 is 40.3 Å². The molecule has 4 heteroatoms. The summed E-state index contributed by atoms with van der Waals surface area (Å²) in [6, 6.07) is 0.